The molecule has 1 atom stereocenters. The van der Waals surface area contributed by atoms with E-state index in [1.165, 1.54) is 15.8 Å². The van der Waals surface area contributed by atoms with Crippen molar-refractivity contribution in [1.29, 1.82) is 0 Å². The minimum atomic E-state index is -2.92. The van der Waals surface area contributed by atoms with Crippen LogP contribution >= 0.6 is 0 Å². The molecule has 1 aromatic carbocycles. The average Bonchev–Trinajstić information content (AvgIpc) is 3.24. The Morgan fingerprint density at radius 3 is 2.69 bits per heavy atom. The Morgan fingerprint density at radius 1 is 1.28 bits per heavy atom. The Bertz CT molecular complexity index is 854. The third-order valence-corrected chi connectivity index (χ3v) is 4.74. The first-order chi connectivity index (χ1) is 13.7. The van der Waals surface area contributed by atoms with Gasteiger partial charge in [0.25, 0.3) is 11.8 Å². The number of carbonyl (C=O) groups excluding carboxylic acids is 2. The molecule has 2 amide bonds. The van der Waals surface area contributed by atoms with E-state index >= 15 is 0 Å². The standard InChI is InChI=1S/C20H25F2N5O2/c1-14(2)8-18(28)27-13-20(21,22)9-16(27)11-26-12-17(24-25-26)19(29)23-10-15-6-4-3-5-7-15/h3-7,12,14,16H,8-11,13H2,1-2H3,(H,23,29). The molecule has 1 aromatic heterocycles. The van der Waals surface area contributed by atoms with Gasteiger partial charge < -0.3 is 10.2 Å². The van der Waals surface area contributed by atoms with Crippen molar-refractivity contribution in [3.63, 3.8) is 0 Å². The van der Waals surface area contributed by atoms with Crippen LogP contribution in [0.1, 0.15) is 42.7 Å². The maximum atomic E-state index is 13.9. The molecule has 9 heteroatoms. The highest BCUT2D eigenvalue weighted by atomic mass is 19.3. The van der Waals surface area contributed by atoms with E-state index in [0.29, 0.717) is 6.54 Å². The lowest BCUT2D eigenvalue weighted by Crippen LogP contribution is -2.39. The van der Waals surface area contributed by atoms with E-state index in [2.05, 4.69) is 15.6 Å². The molecule has 0 bridgehead atoms. The zero-order chi connectivity index (χ0) is 21.0. The van der Waals surface area contributed by atoms with E-state index < -0.39 is 30.8 Å². The molecule has 1 unspecified atom stereocenters. The highest BCUT2D eigenvalue weighted by molar-refractivity contribution is 5.91. The molecule has 0 radical (unpaired) electrons. The van der Waals surface area contributed by atoms with Gasteiger partial charge in [-0.2, -0.15) is 0 Å². The predicted octanol–water partition coefficient (Wildman–Crippen LogP) is 2.49. The average molecular weight is 405 g/mol. The number of aromatic nitrogens is 3. The van der Waals surface area contributed by atoms with Crippen molar-refractivity contribution in [3.05, 3.63) is 47.8 Å². The number of hydrogen-bond acceptors (Lipinski definition) is 4. The largest absolute Gasteiger partial charge is 0.347 e. The second-order valence-electron chi connectivity index (χ2n) is 7.83. The van der Waals surface area contributed by atoms with Gasteiger partial charge in [-0.05, 0) is 11.5 Å². The van der Waals surface area contributed by atoms with Crippen LogP contribution in [0, 0.1) is 5.92 Å². The topological polar surface area (TPSA) is 80.1 Å². The van der Waals surface area contributed by atoms with E-state index in [4.69, 9.17) is 0 Å². The van der Waals surface area contributed by atoms with E-state index in [0.717, 1.165) is 5.56 Å². The van der Waals surface area contributed by atoms with Crippen LogP contribution in [-0.4, -0.2) is 50.2 Å². The highest BCUT2D eigenvalue weighted by Crippen LogP contribution is 2.33. The second-order valence-corrected chi connectivity index (χ2v) is 7.83. The highest BCUT2D eigenvalue weighted by Gasteiger charge is 2.47. The first kappa shape index (κ1) is 20.9. The van der Waals surface area contributed by atoms with Crippen LogP contribution in [0.3, 0.4) is 0 Å². The first-order valence-corrected chi connectivity index (χ1v) is 9.63. The fourth-order valence-electron chi connectivity index (χ4n) is 3.40. The number of amides is 2. The fraction of sp³-hybridized carbons (Fsp3) is 0.500. The number of alkyl halides is 2. The molecule has 2 aromatic rings. The van der Waals surface area contributed by atoms with E-state index in [1.807, 2.05) is 44.2 Å². The van der Waals surface area contributed by atoms with Crippen molar-refractivity contribution in [2.45, 2.75) is 51.7 Å². The number of hydrogen-bond donors (Lipinski definition) is 1. The van der Waals surface area contributed by atoms with Crippen LogP contribution in [0.15, 0.2) is 36.5 Å². The second kappa shape index (κ2) is 8.67. The van der Waals surface area contributed by atoms with Crippen LogP contribution in [0.5, 0.6) is 0 Å². The molecule has 0 spiro atoms. The zero-order valence-corrected chi connectivity index (χ0v) is 16.5. The fourth-order valence-corrected chi connectivity index (χ4v) is 3.40. The number of nitrogens with zero attached hydrogens (tertiary/aromatic N) is 4. The van der Waals surface area contributed by atoms with Crippen LogP contribution in [0.4, 0.5) is 8.78 Å². The van der Waals surface area contributed by atoms with Crippen molar-refractivity contribution < 1.29 is 18.4 Å². The van der Waals surface area contributed by atoms with Crippen LogP contribution < -0.4 is 5.32 Å². The molecule has 1 N–H and O–H groups in total. The van der Waals surface area contributed by atoms with Gasteiger partial charge in [0.2, 0.25) is 5.91 Å². The van der Waals surface area contributed by atoms with Gasteiger partial charge in [0.1, 0.15) is 0 Å². The number of halogens is 2. The number of nitrogens with one attached hydrogen (secondary N) is 1. The molecule has 0 saturated carbocycles. The van der Waals surface area contributed by atoms with Crippen molar-refractivity contribution in [1.82, 2.24) is 25.2 Å². The summed E-state index contributed by atoms with van der Waals surface area (Å²) in [6.45, 7) is 3.58. The van der Waals surface area contributed by atoms with Gasteiger partial charge in [0.05, 0.1) is 25.3 Å². The Morgan fingerprint density at radius 2 is 2.00 bits per heavy atom. The quantitative estimate of drug-likeness (QED) is 0.768. The molecule has 2 heterocycles. The summed E-state index contributed by atoms with van der Waals surface area (Å²) in [5, 5.41) is 10.5. The summed E-state index contributed by atoms with van der Waals surface area (Å²) in [6.07, 6.45) is 1.21. The monoisotopic (exact) mass is 405 g/mol. The normalized spacial score (nSPS) is 18.2. The summed E-state index contributed by atoms with van der Waals surface area (Å²) >= 11 is 0. The Balaban J connectivity index is 1.62. The summed E-state index contributed by atoms with van der Waals surface area (Å²) in [6, 6.07) is 8.74. The molecular formula is C20H25F2N5O2. The first-order valence-electron chi connectivity index (χ1n) is 9.63. The van der Waals surface area contributed by atoms with E-state index in [-0.39, 0.29) is 30.5 Å². The third-order valence-electron chi connectivity index (χ3n) is 4.74. The molecule has 1 fully saturated rings. The minimum Gasteiger partial charge on any atom is -0.347 e. The summed E-state index contributed by atoms with van der Waals surface area (Å²) in [4.78, 5) is 25.8. The van der Waals surface area contributed by atoms with E-state index in [1.54, 1.807) is 0 Å². The molecule has 1 aliphatic heterocycles. The number of benzene rings is 1. The Labute approximate surface area is 168 Å². The van der Waals surface area contributed by atoms with Gasteiger partial charge in [-0.1, -0.05) is 49.4 Å². The molecular weight excluding hydrogens is 380 g/mol. The van der Waals surface area contributed by atoms with Gasteiger partial charge in [0.15, 0.2) is 5.69 Å². The SMILES string of the molecule is CC(C)CC(=O)N1CC(F)(F)CC1Cn1cc(C(=O)NCc2ccccc2)nn1. The Kier molecular flexibility index (Phi) is 6.24. The lowest BCUT2D eigenvalue weighted by Gasteiger charge is -2.24. The molecule has 29 heavy (non-hydrogen) atoms. The molecule has 1 aliphatic rings. The molecule has 0 aliphatic carbocycles. The third kappa shape index (κ3) is 5.58. The van der Waals surface area contributed by atoms with Crippen molar-refractivity contribution in [2.24, 2.45) is 5.92 Å². The van der Waals surface area contributed by atoms with Crippen molar-refractivity contribution >= 4 is 11.8 Å². The summed E-state index contributed by atoms with van der Waals surface area (Å²) in [5.41, 5.74) is 1.05. The van der Waals surface area contributed by atoms with Crippen LogP contribution in [0.25, 0.3) is 0 Å². The van der Waals surface area contributed by atoms with Crippen molar-refractivity contribution in [3.8, 4) is 0 Å². The summed E-state index contributed by atoms with van der Waals surface area (Å²) in [7, 11) is 0. The summed E-state index contributed by atoms with van der Waals surface area (Å²) < 4.78 is 29.2. The van der Waals surface area contributed by atoms with E-state index in [9.17, 15) is 18.4 Å². The molecule has 7 nitrogen and oxygen atoms in total. The maximum Gasteiger partial charge on any atom is 0.273 e. The van der Waals surface area contributed by atoms with Crippen LogP contribution in [0.2, 0.25) is 0 Å². The van der Waals surface area contributed by atoms with Crippen LogP contribution in [-0.2, 0) is 17.9 Å². The van der Waals surface area contributed by atoms with Gasteiger partial charge in [-0.3, -0.25) is 9.59 Å². The van der Waals surface area contributed by atoms with Gasteiger partial charge in [-0.15, -0.1) is 5.10 Å². The molecule has 1 saturated heterocycles. The summed E-state index contributed by atoms with van der Waals surface area (Å²) in [5.74, 6) is -3.52. The Hall–Kier alpha value is -2.84. The lowest BCUT2D eigenvalue weighted by atomic mass is 10.1. The van der Waals surface area contributed by atoms with Crippen molar-refractivity contribution in [2.75, 3.05) is 6.54 Å². The molecule has 3 rings (SSSR count). The van der Waals surface area contributed by atoms with Gasteiger partial charge in [-0.25, -0.2) is 13.5 Å². The van der Waals surface area contributed by atoms with Gasteiger partial charge >= 0.3 is 0 Å². The van der Waals surface area contributed by atoms with Gasteiger partial charge in [0, 0.05) is 19.4 Å². The lowest BCUT2D eigenvalue weighted by molar-refractivity contribution is -0.134. The zero-order valence-electron chi connectivity index (χ0n) is 16.5. The number of rotatable bonds is 7. The minimum absolute atomic E-state index is 0.0678. The smallest absolute Gasteiger partial charge is 0.273 e. The molecule has 156 valence electrons. The number of likely N-dealkylation sites (tertiary alicyclic amines) is 1. The number of carbonyl (C=O) groups is 2. The predicted molar refractivity (Wildman–Crippen MR) is 102 cm³/mol. The maximum absolute atomic E-state index is 13.9.